The number of hydrogen-bond donors (Lipinski definition) is 0. The number of fused-ring (bicyclic) bond motifs is 4. The molecule has 10 rings (SSSR count). The lowest BCUT2D eigenvalue weighted by Crippen LogP contribution is -2.60. The first-order valence-electron chi connectivity index (χ1n) is 25.2. The van der Waals surface area contributed by atoms with Crippen molar-refractivity contribution < 1.29 is 0 Å². The standard InChI is InChI=1S/C65H72BN/c1-41-32-48(67(46-26-20-16-21-27-46)47-28-22-17-23-29-47)34-52-43(3)51-36-55-57(65(13,14)40-63(55,9)10)38-59(51)66(60(41)52)58-37-56-54(62(7,8)39-64(56,11)12)35-50(58)42(2)49-31-30-45(61(4,5)6)33-53(49)44-24-18-15-19-25-44/h15-38,42-43H,39-40H2,1-14H3. The summed E-state index contributed by atoms with van der Waals surface area (Å²) in [6.45, 7) is 34.4. The SMILES string of the molecule is Cc1cc(N(c2ccccc2)c2ccccc2)cc2c1B(c1cc3c(cc1C(C)c1ccc(C(C)(C)C)cc1-c1ccccc1)C(C)(C)CC3(C)C)c1cc3c(cc1C2C)C(C)(C)CC3(C)C. The zero-order valence-corrected chi connectivity index (χ0v) is 42.9. The average molecular weight is 878 g/mol. The normalized spacial score (nSPS) is 18.7. The summed E-state index contributed by atoms with van der Waals surface area (Å²) in [5, 5.41) is 0. The quantitative estimate of drug-likeness (QED) is 0.144. The summed E-state index contributed by atoms with van der Waals surface area (Å²) >= 11 is 0. The van der Waals surface area contributed by atoms with E-state index in [4.69, 9.17) is 0 Å². The molecule has 2 atom stereocenters. The van der Waals surface area contributed by atoms with Crippen LogP contribution in [0.25, 0.3) is 11.1 Å². The van der Waals surface area contributed by atoms with Crippen molar-refractivity contribution in [1.29, 1.82) is 0 Å². The lowest BCUT2D eigenvalue weighted by molar-refractivity contribution is 0.402. The molecule has 2 unspecified atom stereocenters. The fourth-order valence-electron chi connectivity index (χ4n) is 13.7. The van der Waals surface area contributed by atoms with Crippen LogP contribution in [0.4, 0.5) is 17.1 Å². The number of anilines is 3. The van der Waals surface area contributed by atoms with Gasteiger partial charge in [-0.1, -0.05) is 221 Å². The Morgan fingerprint density at radius 1 is 0.522 bits per heavy atom. The Labute approximate surface area is 404 Å². The maximum atomic E-state index is 2.73. The van der Waals surface area contributed by atoms with Crippen molar-refractivity contribution in [3.05, 3.63) is 201 Å². The summed E-state index contributed by atoms with van der Waals surface area (Å²) in [4.78, 5) is 2.46. The molecule has 7 aromatic carbocycles. The summed E-state index contributed by atoms with van der Waals surface area (Å²) in [5.74, 6) is 0.338. The molecule has 1 heterocycles. The average Bonchev–Trinajstić information content (AvgIpc) is 3.59. The van der Waals surface area contributed by atoms with Crippen molar-refractivity contribution in [2.24, 2.45) is 0 Å². The second-order valence-corrected chi connectivity index (χ2v) is 24.5. The van der Waals surface area contributed by atoms with Crippen LogP contribution in [0.5, 0.6) is 0 Å². The fraction of sp³-hybridized carbons (Fsp3) is 0.354. The molecule has 340 valence electrons. The summed E-state index contributed by atoms with van der Waals surface area (Å²) in [5.41, 5.74) is 25.5. The van der Waals surface area contributed by atoms with E-state index >= 15 is 0 Å². The predicted molar refractivity (Wildman–Crippen MR) is 290 cm³/mol. The molecule has 0 N–H and O–H groups in total. The molecule has 0 bridgehead atoms. The summed E-state index contributed by atoms with van der Waals surface area (Å²) in [6, 6.07) is 56.3. The zero-order chi connectivity index (χ0) is 47.6. The second kappa shape index (κ2) is 15.7. The van der Waals surface area contributed by atoms with Crippen LogP contribution in [0.3, 0.4) is 0 Å². The van der Waals surface area contributed by atoms with Gasteiger partial charge in [-0.05, 0) is 144 Å². The number of para-hydroxylation sites is 2. The van der Waals surface area contributed by atoms with E-state index in [9.17, 15) is 0 Å². The predicted octanol–water partition coefficient (Wildman–Crippen LogP) is 15.5. The third kappa shape index (κ3) is 7.53. The molecular weight excluding hydrogens is 806 g/mol. The summed E-state index contributed by atoms with van der Waals surface area (Å²) < 4.78 is 0. The highest BCUT2D eigenvalue weighted by Gasteiger charge is 2.48. The third-order valence-electron chi connectivity index (χ3n) is 16.6. The van der Waals surface area contributed by atoms with E-state index in [-0.39, 0.29) is 45.6 Å². The first-order chi connectivity index (χ1) is 31.6. The van der Waals surface area contributed by atoms with Gasteiger partial charge in [0.1, 0.15) is 0 Å². The molecule has 1 aliphatic heterocycles. The minimum Gasteiger partial charge on any atom is -0.310 e. The molecule has 0 aromatic heterocycles. The Morgan fingerprint density at radius 3 is 1.55 bits per heavy atom. The minimum absolute atomic E-state index is 0.0292. The van der Waals surface area contributed by atoms with Gasteiger partial charge in [0.15, 0.2) is 0 Å². The minimum atomic E-state index is 0.0292. The number of nitrogens with zero attached hydrogens (tertiary/aromatic N) is 1. The maximum absolute atomic E-state index is 2.73. The van der Waals surface area contributed by atoms with Gasteiger partial charge >= 0.3 is 0 Å². The van der Waals surface area contributed by atoms with Gasteiger partial charge in [0, 0.05) is 28.9 Å². The van der Waals surface area contributed by atoms with Crippen molar-refractivity contribution in [2.45, 2.75) is 149 Å². The summed E-state index contributed by atoms with van der Waals surface area (Å²) in [7, 11) is 0. The van der Waals surface area contributed by atoms with Crippen molar-refractivity contribution in [3.63, 3.8) is 0 Å². The molecule has 3 aliphatic rings. The van der Waals surface area contributed by atoms with Crippen LogP contribution in [0.1, 0.15) is 170 Å². The fourth-order valence-corrected chi connectivity index (χ4v) is 13.7. The monoisotopic (exact) mass is 878 g/mol. The van der Waals surface area contributed by atoms with Crippen LogP contribution in [0.2, 0.25) is 0 Å². The van der Waals surface area contributed by atoms with Gasteiger partial charge in [-0.2, -0.15) is 0 Å². The second-order valence-electron chi connectivity index (χ2n) is 24.5. The van der Waals surface area contributed by atoms with Crippen molar-refractivity contribution >= 4 is 40.2 Å². The van der Waals surface area contributed by atoms with Crippen molar-refractivity contribution in [2.75, 3.05) is 4.90 Å². The van der Waals surface area contributed by atoms with E-state index in [2.05, 4.69) is 247 Å². The number of benzene rings is 7. The highest BCUT2D eigenvalue weighted by atomic mass is 15.1. The molecule has 0 amide bonds. The van der Waals surface area contributed by atoms with E-state index in [0.717, 1.165) is 12.8 Å². The van der Waals surface area contributed by atoms with Gasteiger partial charge in [-0.25, -0.2) is 0 Å². The molecule has 67 heavy (non-hydrogen) atoms. The van der Waals surface area contributed by atoms with Crippen LogP contribution < -0.4 is 21.3 Å². The smallest absolute Gasteiger partial charge is 0.242 e. The van der Waals surface area contributed by atoms with E-state index in [0.29, 0.717) is 0 Å². The molecule has 7 aromatic rings. The van der Waals surface area contributed by atoms with Gasteiger partial charge in [0.05, 0.1) is 0 Å². The van der Waals surface area contributed by atoms with E-state index in [1.807, 2.05) is 0 Å². The molecule has 0 spiro atoms. The van der Waals surface area contributed by atoms with Gasteiger partial charge in [0.2, 0.25) is 6.71 Å². The molecular formula is C65H72BN. The lowest BCUT2D eigenvalue weighted by Gasteiger charge is -2.38. The Bertz CT molecular complexity index is 3000. The van der Waals surface area contributed by atoms with Gasteiger partial charge in [-0.15, -0.1) is 0 Å². The Hall–Kier alpha value is -5.60. The van der Waals surface area contributed by atoms with E-state index in [1.165, 1.54) is 100 Å². The Kier molecular flexibility index (Phi) is 10.6. The van der Waals surface area contributed by atoms with Crippen LogP contribution in [0.15, 0.2) is 146 Å². The maximum Gasteiger partial charge on any atom is 0.242 e. The van der Waals surface area contributed by atoms with Gasteiger partial charge < -0.3 is 4.90 Å². The van der Waals surface area contributed by atoms with Crippen LogP contribution >= 0.6 is 0 Å². The zero-order valence-electron chi connectivity index (χ0n) is 42.9. The topological polar surface area (TPSA) is 3.24 Å². The number of rotatable bonds is 7. The summed E-state index contributed by atoms with van der Waals surface area (Å²) in [6.07, 6.45) is 2.28. The highest BCUT2D eigenvalue weighted by Crippen LogP contribution is 2.52. The van der Waals surface area contributed by atoms with Crippen molar-refractivity contribution in [1.82, 2.24) is 0 Å². The van der Waals surface area contributed by atoms with Crippen LogP contribution in [0, 0.1) is 6.92 Å². The van der Waals surface area contributed by atoms with Crippen LogP contribution in [-0.4, -0.2) is 6.71 Å². The number of aryl methyl sites for hydroxylation is 1. The van der Waals surface area contributed by atoms with E-state index < -0.39 is 0 Å². The molecule has 0 fully saturated rings. The first kappa shape index (κ1) is 45.2. The van der Waals surface area contributed by atoms with Crippen molar-refractivity contribution in [3.8, 4) is 11.1 Å². The Morgan fingerprint density at radius 2 is 1.01 bits per heavy atom. The molecule has 1 nitrogen and oxygen atoms in total. The first-order valence-corrected chi connectivity index (χ1v) is 25.2. The molecule has 2 heteroatoms. The van der Waals surface area contributed by atoms with Crippen LogP contribution in [-0.2, 0) is 27.1 Å². The van der Waals surface area contributed by atoms with E-state index in [1.54, 1.807) is 0 Å². The third-order valence-corrected chi connectivity index (χ3v) is 16.6. The highest BCUT2D eigenvalue weighted by molar-refractivity contribution is 6.97. The lowest BCUT2D eigenvalue weighted by atomic mass is 9.31. The molecule has 0 radical (unpaired) electrons. The van der Waals surface area contributed by atoms with Gasteiger partial charge in [0.25, 0.3) is 0 Å². The molecule has 0 saturated heterocycles. The number of hydrogen-bond acceptors (Lipinski definition) is 1. The largest absolute Gasteiger partial charge is 0.310 e. The Balaban J connectivity index is 1.29. The molecule has 0 saturated carbocycles. The van der Waals surface area contributed by atoms with Gasteiger partial charge in [-0.3, -0.25) is 0 Å². The molecule has 2 aliphatic carbocycles.